The Morgan fingerprint density at radius 1 is 0.442 bits per heavy atom. The van der Waals surface area contributed by atoms with Crippen molar-refractivity contribution >= 4 is 17.7 Å². The van der Waals surface area contributed by atoms with Gasteiger partial charge in [0.1, 0.15) is 11.5 Å². The maximum atomic E-state index is 6.26. The van der Waals surface area contributed by atoms with Crippen LogP contribution >= 0.6 is 0 Å². The van der Waals surface area contributed by atoms with Crippen molar-refractivity contribution in [1.29, 1.82) is 0 Å². The summed E-state index contributed by atoms with van der Waals surface area (Å²) in [4.78, 5) is 0. The summed E-state index contributed by atoms with van der Waals surface area (Å²) in [6, 6.07) is 46.3. The Kier molecular flexibility index (Phi) is 6.50. The fourth-order valence-electron chi connectivity index (χ4n) is 6.55. The van der Waals surface area contributed by atoms with Crippen LogP contribution in [0.25, 0.3) is 62.2 Å². The highest BCUT2D eigenvalue weighted by molar-refractivity contribution is 5.89. The Morgan fingerprint density at radius 2 is 0.930 bits per heavy atom. The highest BCUT2D eigenvalue weighted by Gasteiger charge is 2.23. The molecule has 0 saturated carbocycles. The third-order valence-electron chi connectivity index (χ3n) is 8.88. The van der Waals surface area contributed by atoms with Crippen molar-refractivity contribution in [3.8, 4) is 44.5 Å². The number of aryl methyl sites for hydroxylation is 1. The van der Waals surface area contributed by atoms with Gasteiger partial charge in [-0.2, -0.15) is 0 Å². The van der Waals surface area contributed by atoms with Crippen molar-refractivity contribution in [2.45, 2.75) is 25.7 Å². The first-order valence-corrected chi connectivity index (χ1v) is 15.3. The molecule has 2 aliphatic carbocycles. The number of benzene rings is 5. The normalized spacial score (nSPS) is 13.7. The van der Waals surface area contributed by atoms with Gasteiger partial charge in [0, 0.05) is 17.5 Å². The minimum Gasteiger partial charge on any atom is -0.461 e. The standard InChI is InChI=1S/C42H32O/c1-3-9-29(10-4-1)31-15-19-33(20-16-31)36-25-37(34-21-17-32(18-22-34)30-11-5-2-6-12-30)27-38(26-36)35-23-24-42-40(28-35)39-13-7-8-14-41(39)43-42/h1-6,8-12,14-22,25-28H,7,13,23-24H2. The van der Waals surface area contributed by atoms with Gasteiger partial charge in [0.25, 0.3) is 0 Å². The summed E-state index contributed by atoms with van der Waals surface area (Å²) in [5.74, 6) is 2.20. The van der Waals surface area contributed by atoms with Crippen LogP contribution in [0.5, 0.6) is 0 Å². The Hall–Kier alpha value is -5.14. The largest absolute Gasteiger partial charge is 0.461 e. The molecule has 5 aromatic carbocycles. The van der Waals surface area contributed by atoms with Crippen LogP contribution in [0.2, 0.25) is 0 Å². The molecule has 0 N–H and O–H groups in total. The summed E-state index contributed by atoms with van der Waals surface area (Å²) in [7, 11) is 0. The highest BCUT2D eigenvalue weighted by Crippen LogP contribution is 2.40. The number of hydrogen-bond acceptors (Lipinski definition) is 1. The van der Waals surface area contributed by atoms with Gasteiger partial charge in [-0.15, -0.1) is 0 Å². The van der Waals surface area contributed by atoms with E-state index in [1.807, 2.05) is 0 Å². The molecule has 0 saturated heterocycles. The van der Waals surface area contributed by atoms with Gasteiger partial charge in [-0.3, -0.25) is 0 Å². The van der Waals surface area contributed by atoms with E-state index in [2.05, 4.69) is 146 Å². The molecule has 206 valence electrons. The molecule has 6 aromatic rings. The number of furan rings is 1. The molecular formula is C42H32O. The molecule has 0 fully saturated rings. The monoisotopic (exact) mass is 552 g/mol. The molecule has 1 heteroatoms. The zero-order chi connectivity index (χ0) is 28.6. The number of rotatable bonds is 5. The molecule has 8 rings (SSSR count). The molecule has 43 heavy (non-hydrogen) atoms. The summed E-state index contributed by atoms with van der Waals surface area (Å²) in [6.07, 6.45) is 10.8. The molecule has 0 aliphatic heterocycles. The average molecular weight is 553 g/mol. The molecule has 0 radical (unpaired) electrons. The molecular weight excluding hydrogens is 520 g/mol. The lowest BCUT2D eigenvalue weighted by molar-refractivity contribution is 0.497. The first kappa shape index (κ1) is 25.6. The van der Waals surface area contributed by atoms with Crippen LogP contribution in [0.4, 0.5) is 0 Å². The molecule has 1 aromatic heterocycles. The van der Waals surface area contributed by atoms with Crippen molar-refractivity contribution in [3.63, 3.8) is 0 Å². The Balaban J connectivity index is 1.22. The lowest BCUT2D eigenvalue weighted by atomic mass is 9.86. The first-order chi connectivity index (χ1) is 21.3. The van der Waals surface area contributed by atoms with Crippen LogP contribution in [-0.2, 0) is 12.8 Å². The van der Waals surface area contributed by atoms with E-state index in [4.69, 9.17) is 4.42 Å². The third-order valence-corrected chi connectivity index (χ3v) is 8.88. The number of hydrogen-bond donors (Lipinski definition) is 0. The smallest absolute Gasteiger partial charge is 0.130 e. The Morgan fingerprint density at radius 3 is 1.49 bits per heavy atom. The number of fused-ring (bicyclic) bond motifs is 3. The van der Waals surface area contributed by atoms with Gasteiger partial charge in [0.2, 0.25) is 0 Å². The van der Waals surface area contributed by atoms with E-state index in [-0.39, 0.29) is 0 Å². The van der Waals surface area contributed by atoms with E-state index >= 15 is 0 Å². The number of allylic oxidation sites excluding steroid dienone is 2. The Labute approximate surface area is 253 Å². The van der Waals surface area contributed by atoms with Gasteiger partial charge >= 0.3 is 0 Å². The second kappa shape index (κ2) is 10.9. The van der Waals surface area contributed by atoms with Gasteiger partial charge in [-0.05, 0) is 105 Å². The first-order valence-electron chi connectivity index (χ1n) is 15.3. The third kappa shape index (κ3) is 4.98. The van der Waals surface area contributed by atoms with E-state index in [1.165, 1.54) is 66.8 Å². The maximum Gasteiger partial charge on any atom is 0.130 e. The van der Waals surface area contributed by atoms with Gasteiger partial charge in [-0.1, -0.05) is 115 Å². The van der Waals surface area contributed by atoms with E-state index in [9.17, 15) is 0 Å². The second-order valence-electron chi connectivity index (χ2n) is 11.6. The molecule has 0 atom stereocenters. The van der Waals surface area contributed by atoms with Crippen molar-refractivity contribution in [3.05, 3.63) is 162 Å². The molecule has 1 nitrogen and oxygen atoms in total. The lowest BCUT2D eigenvalue weighted by Gasteiger charge is -2.17. The van der Waals surface area contributed by atoms with E-state index < -0.39 is 0 Å². The lowest BCUT2D eigenvalue weighted by Crippen LogP contribution is -2.00. The fraction of sp³-hybridized carbons (Fsp3) is 0.0952. The van der Waals surface area contributed by atoms with Crippen LogP contribution in [0.15, 0.2) is 138 Å². The van der Waals surface area contributed by atoms with Gasteiger partial charge < -0.3 is 4.42 Å². The van der Waals surface area contributed by atoms with Crippen LogP contribution in [-0.4, -0.2) is 0 Å². The summed E-state index contributed by atoms with van der Waals surface area (Å²) < 4.78 is 6.26. The van der Waals surface area contributed by atoms with Crippen LogP contribution in [0, 0.1) is 0 Å². The van der Waals surface area contributed by atoms with Gasteiger partial charge in [0.15, 0.2) is 0 Å². The quantitative estimate of drug-likeness (QED) is 0.207. The van der Waals surface area contributed by atoms with Gasteiger partial charge in [-0.25, -0.2) is 0 Å². The highest BCUT2D eigenvalue weighted by atomic mass is 16.3. The van der Waals surface area contributed by atoms with E-state index in [0.29, 0.717) is 0 Å². The van der Waals surface area contributed by atoms with Crippen molar-refractivity contribution in [2.75, 3.05) is 0 Å². The summed E-state index contributed by atoms with van der Waals surface area (Å²) >= 11 is 0. The van der Waals surface area contributed by atoms with Crippen molar-refractivity contribution in [1.82, 2.24) is 0 Å². The predicted molar refractivity (Wildman–Crippen MR) is 180 cm³/mol. The van der Waals surface area contributed by atoms with Crippen LogP contribution in [0.3, 0.4) is 0 Å². The van der Waals surface area contributed by atoms with Crippen LogP contribution < -0.4 is 0 Å². The van der Waals surface area contributed by atoms with E-state index in [1.54, 1.807) is 0 Å². The molecule has 0 unspecified atom stereocenters. The molecule has 0 amide bonds. The van der Waals surface area contributed by atoms with Crippen LogP contribution in [0.1, 0.15) is 41.1 Å². The Bertz CT molecular complexity index is 1870. The zero-order valence-corrected chi connectivity index (χ0v) is 24.1. The summed E-state index contributed by atoms with van der Waals surface area (Å²) in [6.45, 7) is 0. The fourth-order valence-corrected chi connectivity index (χ4v) is 6.55. The second-order valence-corrected chi connectivity index (χ2v) is 11.6. The average Bonchev–Trinajstić information content (AvgIpc) is 3.47. The summed E-state index contributed by atoms with van der Waals surface area (Å²) in [5.41, 5.74) is 15.2. The van der Waals surface area contributed by atoms with Gasteiger partial charge in [0.05, 0.1) is 0 Å². The molecule has 2 aliphatic rings. The predicted octanol–water partition coefficient (Wildman–Crippen LogP) is 11.4. The topological polar surface area (TPSA) is 13.1 Å². The maximum absolute atomic E-state index is 6.26. The van der Waals surface area contributed by atoms with E-state index in [0.717, 1.165) is 37.2 Å². The van der Waals surface area contributed by atoms with Crippen molar-refractivity contribution < 1.29 is 4.42 Å². The van der Waals surface area contributed by atoms with Crippen molar-refractivity contribution in [2.24, 2.45) is 0 Å². The SMILES string of the molecule is C1=Cc2oc3c(c2CC1)C=C(c1cc(-c2ccc(-c4ccccc4)cc2)cc(-c2ccc(-c4ccccc4)cc2)c1)CC3. The minimum atomic E-state index is 0.944. The molecule has 1 heterocycles. The zero-order valence-electron chi connectivity index (χ0n) is 24.1. The minimum absolute atomic E-state index is 0.944. The molecule has 0 spiro atoms. The summed E-state index contributed by atoms with van der Waals surface area (Å²) in [5, 5.41) is 0. The molecule has 0 bridgehead atoms.